The third kappa shape index (κ3) is 3.38. The molecule has 1 aromatic heterocycles. The maximum Gasteiger partial charge on any atom is 0.169 e. The van der Waals surface area contributed by atoms with E-state index in [1.54, 1.807) is 0 Å². The molecule has 0 saturated heterocycles. The number of nitrogens with zero attached hydrogens (tertiary/aromatic N) is 3. The van der Waals surface area contributed by atoms with Gasteiger partial charge >= 0.3 is 0 Å². The van der Waals surface area contributed by atoms with Gasteiger partial charge in [0.2, 0.25) is 0 Å². The van der Waals surface area contributed by atoms with E-state index in [0.717, 1.165) is 28.5 Å². The van der Waals surface area contributed by atoms with Crippen molar-refractivity contribution in [3.63, 3.8) is 0 Å². The summed E-state index contributed by atoms with van der Waals surface area (Å²) in [5.41, 5.74) is 10.8. The zero-order chi connectivity index (χ0) is 20.7. The van der Waals surface area contributed by atoms with Crippen LogP contribution in [-0.2, 0) is 0 Å². The standard InChI is InChI=1S/C26H27N3/c1-16-13-20(5)24(21(6)14-16)26-28-27-25(22-12-11-17(2)19(4)15-22)29(26)23-10-8-7-9-18(23)3/h7-15H,1-6H3. The lowest BCUT2D eigenvalue weighted by Crippen LogP contribution is -2.04. The van der Waals surface area contributed by atoms with Gasteiger partial charge in [0, 0.05) is 11.1 Å². The zero-order valence-electron chi connectivity index (χ0n) is 18.0. The first kappa shape index (κ1) is 19.1. The van der Waals surface area contributed by atoms with Crippen molar-refractivity contribution >= 4 is 0 Å². The molecule has 0 aliphatic rings. The number of para-hydroxylation sites is 1. The minimum atomic E-state index is 0.872. The normalized spacial score (nSPS) is 11.1. The Morgan fingerprint density at radius 3 is 1.90 bits per heavy atom. The van der Waals surface area contributed by atoms with E-state index in [2.05, 4.69) is 106 Å². The molecule has 0 aliphatic heterocycles. The van der Waals surface area contributed by atoms with Crippen LogP contribution in [0.4, 0.5) is 0 Å². The molecule has 3 aromatic carbocycles. The van der Waals surface area contributed by atoms with Crippen molar-refractivity contribution in [2.45, 2.75) is 41.5 Å². The average Bonchev–Trinajstić information content (AvgIpc) is 3.08. The van der Waals surface area contributed by atoms with Gasteiger partial charge in [-0.1, -0.05) is 48.0 Å². The molecule has 0 saturated carbocycles. The highest BCUT2D eigenvalue weighted by molar-refractivity contribution is 5.72. The van der Waals surface area contributed by atoms with Crippen LogP contribution in [0, 0.1) is 41.5 Å². The van der Waals surface area contributed by atoms with Gasteiger partial charge in [0.15, 0.2) is 11.6 Å². The Bertz CT molecular complexity index is 1190. The highest BCUT2D eigenvalue weighted by Crippen LogP contribution is 2.34. The lowest BCUT2D eigenvalue weighted by Gasteiger charge is -2.16. The van der Waals surface area contributed by atoms with Crippen molar-refractivity contribution in [3.8, 4) is 28.5 Å². The maximum absolute atomic E-state index is 4.70. The highest BCUT2D eigenvalue weighted by atomic mass is 15.3. The van der Waals surface area contributed by atoms with Crippen LogP contribution in [0.5, 0.6) is 0 Å². The molecule has 0 fully saturated rings. The van der Waals surface area contributed by atoms with Gasteiger partial charge in [0.1, 0.15) is 0 Å². The van der Waals surface area contributed by atoms with Gasteiger partial charge in [-0.2, -0.15) is 0 Å². The fourth-order valence-electron chi connectivity index (χ4n) is 4.09. The van der Waals surface area contributed by atoms with E-state index in [4.69, 9.17) is 5.10 Å². The zero-order valence-corrected chi connectivity index (χ0v) is 18.0. The van der Waals surface area contributed by atoms with Gasteiger partial charge in [0.05, 0.1) is 5.69 Å². The van der Waals surface area contributed by atoms with Gasteiger partial charge in [-0.05, 0) is 81.5 Å². The van der Waals surface area contributed by atoms with Crippen molar-refractivity contribution in [3.05, 3.63) is 88.0 Å². The Morgan fingerprint density at radius 1 is 0.586 bits per heavy atom. The summed E-state index contributed by atoms with van der Waals surface area (Å²) < 4.78 is 2.21. The lowest BCUT2D eigenvalue weighted by atomic mass is 9.99. The number of hydrogen-bond acceptors (Lipinski definition) is 2. The number of hydrogen-bond donors (Lipinski definition) is 0. The van der Waals surface area contributed by atoms with Crippen LogP contribution in [0.2, 0.25) is 0 Å². The third-order valence-electron chi connectivity index (χ3n) is 5.69. The van der Waals surface area contributed by atoms with Crippen LogP contribution in [0.15, 0.2) is 54.6 Å². The van der Waals surface area contributed by atoms with Crippen LogP contribution in [0.1, 0.15) is 33.4 Å². The SMILES string of the molecule is Cc1cc(C)c(-c2nnc(-c3ccc(C)c(C)c3)n2-c2ccccc2C)c(C)c1. The summed E-state index contributed by atoms with van der Waals surface area (Å²) in [7, 11) is 0. The molecule has 0 bridgehead atoms. The van der Waals surface area contributed by atoms with Gasteiger partial charge in [-0.25, -0.2) is 0 Å². The summed E-state index contributed by atoms with van der Waals surface area (Å²) >= 11 is 0. The Morgan fingerprint density at radius 2 is 1.24 bits per heavy atom. The largest absolute Gasteiger partial charge is 0.275 e. The molecule has 3 heteroatoms. The molecule has 0 radical (unpaired) electrons. The van der Waals surface area contributed by atoms with Crippen LogP contribution < -0.4 is 0 Å². The average molecular weight is 382 g/mol. The molecular weight excluding hydrogens is 354 g/mol. The third-order valence-corrected chi connectivity index (χ3v) is 5.69. The lowest BCUT2D eigenvalue weighted by molar-refractivity contribution is 1.05. The molecule has 0 amide bonds. The molecule has 4 rings (SSSR count). The number of aromatic nitrogens is 3. The van der Waals surface area contributed by atoms with Crippen LogP contribution in [0.3, 0.4) is 0 Å². The van der Waals surface area contributed by atoms with Crippen LogP contribution in [-0.4, -0.2) is 14.8 Å². The van der Waals surface area contributed by atoms with E-state index in [9.17, 15) is 0 Å². The summed E-state index contributed by atoms with van der Waals surface area (Å²) in [4.78, 5) is 0. The monoisotopic (exact) mass is 381 g/mol. The molecule has 0 atom stereocenters. The van der Waals surface area contributed by atoms with Gasteiger partial charge in [-0.15, -0.1) is 10.2 Å². The number of rotatable bonds is 3. The Labute approximate surface area is 173 Å². The summed E-state index contributed by atoms with van der Waals surface area (Å²) in [6, 6.07) is 19.4. The highest BCUT2D eigenvalue weighted by Gasteiger charge is 2.21. The predicted octanol–water partition coefficient (Wildman–Crippen LogP) is 6.45. The summed E-state index contributed by atoms with van der Waals surface area (Å²) in [5, 5.41) is 9.37. The molecule has 0 aliphatic carbocycles. The number of benzene rings is 3. The van der Waals surface area contributed by atoms with Crippen LogP contribution in [0.25, 0.3) is 28.5 Å². The van der Waals surface area contributed by atoms with Crippen molar-refractivity contribution in [1.82, 2.24) is 14.8 Å². The first-order valence-electron chi connectivity index (χ1n) is 10.0. The van der Waals surface area contributed by atoms with E-state index in [0.29, 0.717) is 0 Å². The second kappa shape index (κ2) is 7.32. The van der Waals surface area contributed by atoms with Crippen molar-refractivity contribution in [2.24, 2.45) is 0 Å². The molecule has 0 unspecified atom stereocenters. The van der Waals surface area contributed by atoms with Crippen molar-refractivity contribution in [1.29, 1.82) is 0 Å². The Hall–Kier alpha value is -3.20. The summed E-state index contributed by atoms with van der Waals surface area (Å²) in [5.74, 6) is 1.76. The predicted molar refractivity (Wildman–Crippen MR) is 121 cm³/mol. The van der Waals surface area contributed by atoms with E-state index >= 15 is 0 Å². The molecule has 146 valence electrons. The molecule has 0 spiro atoms. The van der Waals surface area contributed by atoms with Crippen molar-refractivity contribution in [2.75, 3.05) is 0 Å². The quantitative estimate of drug-likeness (QED) is 0.408. The molecular formula is C26H27N3. The Balaban J connectivity index is 2.05. The smallest absolute Gasteiger partial charge is 0.169 e. The van der Waals surface area contributed by atoms with Crippen LogP contribution >= 0.6 is 0 Å². The first-order chi connectivity index (χ1) is 13.9. The fourth-order valence-corrected chi connectivity index (χ4v) is 4.09. The van der Waals surface area contributed by atoms with Crippen molar-refractivity contribution < 1.29 is 0 Å². The van der Waals surface area contributed by atoms with E-state index < -0.39 is 0 Å². The van der Waals surface area contributed by atoms with Gasteiger partial charge in [0.25, 0.3) is 0 Å². The minimum Gasteiger partial charge on any atom is -0.275 e. The number of aryl methyl sites for hydroxylation is 6. The molecule has 29 heavy (non-hydrogen) atoms. The maximum atomic E-state index is 4.70. The fraction of sp³-hybridized carbons (Fsp3) is 0.231. The minimum absolute atomic E-state index is 0.872. The van der Waals surface area contributed by atoms with Gasteiger partial charge < -0.3 is 0 Å². The topological polar surface area (TPSA) is 30.7 Å². The molecule has 3 nitrogen and oxygen atoms in total. The first-order valence-corrected chi connectivity index (χ1v) is 10.0. The molecule has 4 aromatic rings. The molecule has 0 N–H and O–H groups in total. The second-order valence-electron chi connectivity index (χ2n) is 8.04. The second-order valence-corrected chi connectivity index (χ2v) is 8.04. The summed E-state index contributed by atoms with van der Waals surface area (Å²) in [6.45, 7) is 12.9. The van der Waals surface area contributed by atoms with E-state index in [1.165, 1.54) is 33.4 Å². The Kier molecular flexibility index (Phi) is 4.83. The van der Waals surface area contributed by atoms with Gasteiger partial charge in [-0.3, -0.25) is 4.57 Å². The van der Waals surface area contributed by atoms with E-state index in [1.807, 2.05) is 0 Å². The summed E-state index contributed by atoms with van der Waals surface area (Å²) in [6.07, 6.45) is 0. The van der Waals surface area contributed by atoms with E-state index in [-0.39, 0.29) is 0 Å². The molecule has 1 heterocycles.